The van der Waals surface area contributed by atoms with Crippen LogP contribution in [0.4, 0.5) is 0 Å². The van der Waals surface area contributed by atoms with Gasteiger partial charge in [0.25, 0.3) is 0 Å². The molecule has 4 nitrogen and oxygen atoms in total. The first-order valence-corrected chi connectivity index (χ1v) is 7.53. The highest BCUT2D eigenvalue weighted by Crippen LogP contribution is 2.31. The minimum absolute atomic E-state index is 0.224. The van der Waals surface area contributed by atoms with Crippen LogP contribution in [-0.4, -0.2) is 20.2 Å². The Morgan fingerprint density at radius 2 is 1.83 bits per heavy atom. The molecule has 0 spiro atoms. The van der Waals surface area contributed by atoms with Crippen molar-refractivity contribution in [2.75, 3.05) is 0 Å². The number of fused-ring (bicyclic) bond motifs is 3. The quantitative estimate of drug-likeness (QED) is 0.540. The summed E-state index contributed by atoms with van der Waals surface area (Å²) in [5, 5.41) is 22.2. The Bertz CT molecular complexity index is 977. The van der Waals surface area contributed by atoms with E-state index in [2.05, 4.69) is 9.97 Å². The van der Waals surface area contributed by atoms with E-state index in [0.29, 0.717) is 12.1 Å². The van der Waals surface area contributed by atoms with Gasteiger partial charge in [-0.3, -0.25) is 4.98 Å². The Morgan fingerprint density at radius 3 is 2.65 bits per heavy atom. The average molecular weight is 304 g/mol. The van der Waals surface area contributed by atoms with Crippen molar-refractivity contribution in [3.63, 3.8) is 0 Å². The third kappa shape index (κ3) is 2.43. The number of pyridine rings is 1. The lowest BCUT2D eigenvalue weighted by molar-refractivity contribution is 0.175. The number of benzene rings is 2. The molecule has 0 amide bonds. The zero-order chi connectivity index (χ0) is 15.8. The maximum atomic E-state index is 10.6. The summed E-state index contributed by atoms with van der Waals surface area (Å²) in [6, 6.07) is 17.0. The predicted molar refractivity (Wildman–Crippen MR) is 90.4 cm³/mol. The van der Waals surface area contributed by atoms with Gasteiger partial charge in [0.15, 0.2) is 0 Å². The predicted octanol–water partition coefficient (Wildman–Crippen LogP) is 3.70. The van der Waals surface area contributed by atoms with Crippen LogP contribution < -0.4 is 0 Å². The van der Waals surface area contributed by atoms with Gasteiger partial charge in [-0.25, -0.2) is 0 Å². The maximum absolute atomic E-state index is 10.6. The Labute approximate surface area is 133 Å². The van der Waals surface area contributed by atoms with E-state index >= 15 is 0 Å². The highest BCUT2D eigenvalue weighted by molar-refractivity contribution is 6.08. The first-order valence-electron chi connectivity index (χ1n) is 7.53. The van der Waals surface area contributed by atoms with Crippen LogP contribution in [0.2, 0.25) is 0 Å². The molecule has 23 heavy (non-hydrogen) atoms. The van der Waals surface area contributed by atoms with Crippen LogP contribution in [0.3, 0.4) is 0 Å². The van der Waals surface area contributed by atoms with E-state index in [1.807, 2.05) is 42.5 Å². The van der Waals surface area contributed by atoms with Gasteiger partial charge in [-0.2, -0.15) is 0 Å². The lowest BCUT2D eigenvalue weighted by Crippen LogP contribution is -2.04. The van der Waals surface area contributed by atoms with Gasteiger partial charge >= 0.3 is 0 Å². The van der Waals surface area contributed by atoms with Crippen molar-refractivity contribution in [1.29, 1.82) is 0 Å². The monoisotopic (exact) mass is 304 g/mol. The summed E-state index contributed by atoms with van der Waals surface area (Å²) in [6.45, 7) is 0. The van der Waals surface area contributed by atoms with Crippen LogP contribution in [0, 0.1) is 0 Å². The SMILES string of the molecule is Oc1ccc2[nH]c3c([C@H](O)Cc4ccccc4)nccc3c2c1. The number of aromatic amines is 1. The molecule has 0 saturated carbocycles. The van der Waals surface area contributed by atoms with Gasteiger partial charge in [0, 0.05) is 28.9 Å². The van der Waals surface area contributed by atoms with Crippen LogP contribution in [-0.2, 0) is 6.42 Å². The molecule has 2 heterocycles. The minimum atomic E-state index is -0.692. The van der Waals surface area contributed by atoms with E-state index in [1.165, 1.54) is 0 Å². The second-order valence-corrected chi connectivity index (χ2v) is 5.68. The van der Waals surface area contributed by atoms with Crippen LogP contribution in [0.5, 0.6) is 5.75 Å². The maximum Gasteiger partial charge on any atom is 0.116 e. The highest BCUT2D eigenvalue weighted by atomic mass is 16.3. The number of H-pyrrole nitrogens is 1. The molecule has 0 unspecified atom stereocenters. The zero-order valence-corrected chi connectivity index (χ0v) is 12.4. The summed E-state index contributed by atoms with van der Waals surface area (Å²) in [5.41, 5.74) is 3.42. The Morgan fingerprint density at radius 1 is 1.00 bits per heavy atom. The van der Waals surface area contributed by atoms with E-state index in [0.717, 1.165) is 27.4 Å². The molecule has 2 aromatic heterocycles. The molecule has 0 radical (unpaired) electrons. The van der Waals surface area contributed by atoms with E-state index in [9.17, 15) is 10.2 Å². The summed E-state index contributed by atoms with van der Waals surface area (Å²) in [7, 11) is 0. The fourth-order valence-corrected chi connectivity index (χ4v) is 3.02. The Kier molecular flexibility index (Phi) is 3.24. The van der Waals surface area contributed by atoms with E-state index in [1.54, 1.807) is 18.3 Å². The fourth-order valence-electron chi connectivity index (χ4n) is 3.02. The number of aromatic hydroxyl groups is 1. The molecular formula is C19H16N2O2. The number of phenolic OH excluding ortho intramolecular Hbond substituents is 1. The number of nitrogens with zero attached hydrogens (tertiary/aromatic N) is 1. The first kappa shape index (κ1) is 13.8. The Hall–Kier alpha value is -2.85. The minimum Gasteiger partial charge on any atom is -0.508 e. The zero-order valence-electron chi connectivity index (χ0n) is 12.4. The third-order valence-electron chi connectivity index (χ3n) is 4.12. The lowest BCUT2D eigenvalue weighted by atomic mass is 10.0. The van der Waals surface area contributed by atoms with Gasteiger partial charge in [0.1, 0.15) is 11.9 Å². The van der Waals surface area contributed by atoms with Gasteiger partial charge in [-0.1, -0.05) is 30.3 Å². The van der Waals surface area contributed by atoms with Crippen LogP contribution >= 0.6 is 0 Å². The molecule has 114 valence electrons. The molecule has 4 heteroatoms. The highest BCUT2D eigenvalue weighted by Gasteiger charge is 2.16. The summed E-state index contributed by atoms with van der Waals surface area (Å²) in [6.07, 6.45) is 1.51. The smallest absolute Gasteiger partial charge is 0.116 e. The second kappa shape index (κ2) is 5.41. The number of hydrogen-bond donors (Lipinski definition) is 3. The van der Waals surface area contributed by atoms with Gasteiger partial charge in [0.2, 0.25) is 0 Å². The molecule has 0 aliphatic carbocycles. The van der Waals surface area contributed by atoms with E-state index < -0.39 is 6.10 Å². The van der Waals surface area contributed by atoms with Crippen molar-refractivity contribution in [3.05, 3.63) is 72.1 Å². The van der Waals surface area contributed by atoms with Crippen molar-refractivity contribution in [2.45, 2.75) is 12.5 Å². The van der Waals surface area contributed by atoms with Crippen molar-refractivity contribution in [1.82, 2.24) is 9.97 Å². The molecule has 0 saturated heterocycles. The summed E-state index contributed by atoms with van der Waals surface area (Å²) < 4.78 is 0. The number of nitrogens with one attached hydrogen (secondary N) is 1. The largest absolute Gasteiger partial charge is 0.508 e. The van der Waals surface area contributed by atoms with Crippen LogP contribution in [0.15, 0.2) is 60.8 Å². The van der Waals surface area contributed by atoms with Crippen molar-refractivity contribution in [3.8, 4) is 5.75 Å². The van der Waals surface area contributed by atoms with Gasteiger partial charge in [-0.15, -0.1) is 0 Å². The summed E-state index contributed by atoms with van der Waals surface area (Å²) >= 11 is 0. The standard InChI is InChI=1S/C19H16N2O2/c22-13-6-7-16-15(11-13)14-8-9-20-19(18(14)21-16)17(23)10-12-4-2-1-3-5-12/h1-9,11,17,21-23H,10H2/t17-/m1/s1. The molecule has 0 aliphatic heterocycles. The van der Waals surface area contributed by atoms with Crippen molar-refractivity contribution >= 4 is 21.8 Å². The number of rotatable bonds is 3. The van der Waals surface area contributed by atoms with Crippen molar-refractivity contribution < 1.29 is 10.2 Å². The normalized spacial score (nSPS) is 12.7. The third-order valence-corrected chi connectivity index (χ3v) is 4.12. The molecule has 0 aliphatic rings. The van der Waals surface area contributed by atoms with Gasteiger partial charge < -0.3 is 15.2 Å². The average Bonchev–Trinajstić information content (AvgIpc) is 2.93. The van der Waals surface area contributed by atoms with Gasteiger partial charge in [0.05, 0.1) is 11.2 Å². The van der Waals surface area contributed by atoms with Crippen molar-refractivity contribution in [2.24, 2.45) is 0 Å². The van der Waals surface area contributed by atoms with Crippen LogP contribution in [0.25, 0.3) is 21.8 Å². The lowest BCUT2D eigenvalue weighted by Gasteiger charge is -2.11. The molecule has 4 aromatic rings. The molecule has 4 rings (SSSR count). The number of aliphatic hydroxyl groups is 1. The van der Waals surface area contributed by atoms with Crippen LogP contribution in [0.1, 0.15) is 17.4 Å². The fraction of sp³-hybridized carbons (Fsp3) is 0.105. The molecule has 0 fully saturated rings. The molecular weight excluding hydrogens is 288 g/mol. The molecule has 3 N–H and O–H groups in total. The molecule has 0 bridgehead atoms. The second-order valence-electron chi connectivity index (χ2n) is 5.68. The summed E-state index contributed by atoms with van der Waals surface area (Å²) in [4.78, 5) is 7.68. The number of aliphatic hydroxyl groups excluding tert-OH is 1. The first-order chi connectivity index (χ1) is 11.2. The molecule has 2 aromatic carbocycles. The number of aromatic nitrogens is 2. The number of hydrogen-bond acceptors (Lipinski definition) is 3. The molecule has 1 atom stereocenters. The summed E-state index contributed by atoms with van der Waals surface area (Å²) in [5.74, 6) is 0.224. The van der Waals surface area contributed by atoms with E-state index in [-0.39, 0.29) is 5.75 Å². The van der Waals surface area contributed by atoms with E-state index in [4.69, 9.17) is 0 Å². The van der Waals surface area contributed by atoms with Gasteiger partial charge in [-0.05, 0) is 29.8 Å². The topological polar surface area (TPSA) is 69.1 Å². The Balaban J connectivity index is 1.82. The number of phenols is 1.